The number of hydrogen-bond donors (Lipinski definition) is 3. The summed E-state index contributed by atoms with van der Waals surface area (Å²) in [7, 11) is 0. The lowest BCUT2D eigenvalue weighted by Gasteiger charge is -2.06. The van der Waals surface area contributed by atoms with Gasteiger partial charge in [-0.3, -0.25) is 9.89 Å². The third-order valence-corrected chi connectivity index (χ3v) is 3.41. The average Bonchev–Trinajstić information content (AvgIpc) is 3.00. The molecule has 0 bridgehead atoms. The molecule has 0 saturated heterocycles. The van der Waals surface area contributed by atoms with Crippen LogP contribution in [0.5, 0.6) is 0 Å². The van der Waals surface area contributed by atoms with Gasteiger partial charge in [0.15, 0.2) is 0 Å². The van der Waals surface area contributed by atoms with Gasteiger partial charge in [0.05, 0.1) is 11.7 Å². The molecule has 1 heterocycles. The molecule has 0 radical (unpaired) electrons. The molecule has 4 N–H and O–H groups in total. The van der Waals surface area contributed by atoms with E-state index < -0.39 is 0 Å². The van der Waals surface area contributed by atoms with Crippen LogP contribution in [-0.4, -0.2) is 16.1 Å². The van der Waals surface area contributed by atoms with Crippen LogP contribution in [0.1, 0.15) is 21.5 Å². The molecule has 21 heavy (non-hydrogen) atoms. The molecule has 3 aromatic rings. The number of nitrogens with zero attached hydrogens (tertiary/aromatic N) is 1. The van der Waals surface area contributed by atoms with Crippen molar-refractivity contribution < 1.29 is 4.79 Å². The van der Waals surface area contributed by atoms with Gasteiger partial charge in [0.25, 0.3) is 5.91 Å². The second-order valence-electron chi connectivity index (χ2n) is 4.88. The minimum Gasteiger partial charge on any atom is -0.348 e. The number of rotatable bonds is 4. The normalized spacial score (nSPS) is 10.7. The van der Waals surface area contributed by atoms with Crippen molar-refractivity contribution >= 4 is 16.8 Å². The van der Waals surface area contributed by atoms with Crippen LogP contribution < -0.4 is 11.1 Å². The zero-order chi connectivity index (χ0) is 14.7. The molecule has 0 atom stereocenters. The quantitative estimate of drug-likeness (QED) is 0.683. The first-order valence-corrected chi connectivity index (χ1v) is 6.75. The molecule has 5 nitrogen and oxygen atoms in total. The van der Waals surface area contributed by atoms with Gasteiger partial charge in [0.2, 0.25) is 0 Å². The molecule has 3 rings (SSSR count). The lowest BCUT2D eigenvalue weighted by Crippen LogP contribution is -2.22. The van der Waals surface area contributed by atoms with E-state index in [1.54, 1.807) is 12.3 Å². The molecular weight excluding hydrogens is 264 g/mol. The summed E-state index contributed by atoms with van der Waals surface area (Å²) >= 11 is 0. The molecule has 0 aliphatic carbocycles. The topological polar surface area (TPSA) is 83.8 Å². The van der Waals surface area contributed by atoms with E-state index in [1.807, 2.05) is 36.4 Å². The molecule has 0 spiro atoms. The molecule has 0 aliphatic heterocycles. The van der Waals surface area contributed by atoms with Crippen molar-refractivity contribution in [2.75, 3.05) is 0 Å². The van der Waals surface area contributed by atoms with E-state index in [9.17, 15) is 4.79 Å². The molecule has 0 fully saturated rings. The Bertz CT molecular complexity index is 761. The first-order valence-electron chi connectivity index (χ1n) is 6.75. The number of benzene rings is 2. The fourth-order valence-corrected chi connectivity index (χ4v) is 2.16. The molecule has 1 aromatic heterocycles. The van der Waals surface area contributed by atoms with Gasteiger partial charge in [0, 0.05) is 24.0 Å². The minimum absolute atomic E-state index is 0.0963. The number of aromatic amines is 1. The van der Waals surface area contributed by atoms with Crippen molar-refractivity contribution in [1.29, 1.82) is 0 Å². The summed E-state index contributed by atoms with van der Waals surface area (Å²) in [5, 5.41) is 10.6. The van der Waals surface area contributed by atoms with Gasteiger partial charge < -0.3 is 11.1 Å². The number of fused-ring (bicyclic) bond motifs is 1. The lowest BCUT2D eigenvalue weighted by atomic mass is 10.1. The van der Waals surface area contributed by atoms with Crippen molar-refractivity contribution in [2.24, 2.45) is 5.73 Å². The zero-order valence-electron chi connectivity index (χ0n) is 11.5. The average molecular weight is 280 g/mol. The van der Waals surface area contributed by atoms with Crippen molar-refractivity contribution in [1.82, 2.24) is 15.5 Å². The Labute approximate surface area is 122 Å². The van der Waals surface area contributed by atoms with Crippen LogP contribution >= 0.6 is 0 Å². The summed E-state index contributed by atoms with van der Waals surface area (Å²) < 4.78 is 0. The fraction of sp³-hybridized carbons (Fsp3) is 0.125. The van der Waals surface area contributed by atoms with Crippen LogP contribution in [0.4, 0.5) is 0 Å². The molecule has 0 saturated carbocycles. The van der Waals surface area contributed by atoms with Crippen LogP contribution in [0.15, 0.2) is 48.7 Å². The number of carbonyl (C=O) groups excluding carboxylic acids is 1. The minimum atomic E-state index is -0.0963. The first kappa shape index (κ1) is 13.3. The predicted octanol–water partition coefficient (Wildman–Crippen LogP) is 1.95. The molecule has 0 unspecified atom stereocenters. The number of carbonyl (C=O) groups is 1. The SMILES string of the molecule is NCc1ccc(CNC(=O)c2ccc3[nH]ncc3c2)cc1. The third kappa shape index (κ3) is 2.93. The molecular formula is C16H16N4O. The maximum absolute atomic E-state index is 12.1. The maximum Gasteiger partial charge on any atom is 0.251 e. The van der Waals surface area contributed by atoms with Crippen molar-refractivity contribution in [2.45, 2.75) is 13.1 Å². The Kier molecular flexibility index (Phi) is 3.66. The van der Waals surface area contributed by atoms with Gasteiger partial charge in [-0.15, -0.1) is 0 Å². The Morgan fingerprint density at radius 1 is 1.14 bits per heavy atom. The van der Waals surface area contributed by atoms with Gasteiger partial charge in [-0.25, -0.2) is 0 Å². The Morgan fingerprint density at radius 3 is 2.67 bits per heavy atom. The summed E-state index contributed by atoms with van der Waals surface area (Å²) in [5.41, 5.74) is 9.23. The van der Waals surface area contributed by atoms with Crippen molar-refractivity contribution in [3.63, 3.8) is 0 Å². The Morgan fingerprint density at radius 2 is 1.90 bits per heavy atom. The number of nitrogens with one attached hydrogen (secondary N) is 2. The summed E-state index contributed by atoms with van der Waals surface area (Å²) in [5.74, 6) is -0.0963. The van der Waals surface area contributed by atoms with E-state index in [2.05, 4.69) is 15.5 Å². The van der Waals surface area contributed by atoms with E-state index >= 15 is 0 Å². The van der Waals surface area contributed by atoms with Gasteiger partial charge in [-0.1, -0.05) is 24.3 Å². The Balaban J connectivity index is 1.67. The predicted molar refractivity (Wildman–Crippen MR) is 81.6 cm³/mol. The highest BCUT2D eigenvalue weighted by Gasteiger charge is 2.07. The van der Waals surface area contributed by atoms with Crippen LogP contribution in [0.25, 0.3) is 10.9 Å². The van der Waals surface area contributed by atoms with Gasteiger partial charge in [0.1, 0.15) is 0 Å². The zero-order valence-corrected chi connectivity index (χ0v) is 11.5. The molecule has 1 amide bonds. The molecule has 2 aromatic carbocycles. The second kappa shape index (κ2) is 5.76. The van der Waals surface area contributed by atoms with E-state index in [1.165, 1.54) is 0 Å². The first-order chi connectivity index (χ1) is 10.3. The highest BCUT2D eigenvalue weighted by molar-refractivity contribution is 5.97. The van der Waals surface area contributed by atoms with Crippen molar-refractivity contribution in [3.8, 4) is 0 Å². The monoisotopic (exact) mass is 280 g/mol. The highest BCUT2D eigenvalue weighted by atomic mass is 16.1. The Hall–Kier alpha value is -2.66. The van der Waals surface area contributed by atoms with Crippen molar-refractivity contribution in [3.05, 3.63) is 65.4 Å². The lowest BCUT2D eigenvalue weighted by molar-refractivity contribution is 0.0951. The summed E-state index contributed by atoms with van der Waals surface area (Å²) in [6.07, 6.45) is 1.71. The van der Waals surface area contributed by atoms with Gasteiger partial charge >= 0.3 is 0 Å². The summed E-state index contributed by atoms with van der Waals surface area (Å²) in [6, 6.07) is 13.4. The van der Waals surface area contributed by atoms with E-state index in [0.29, 0.717) is 18.7 Å². The van der Waals surface area contributed by atoms with E-state index in [4.69, 9.17) is 5.73 Å². The third-order valence-electron chi connectivity index (χ3n) is 3.41. The molecule has 5 heteroatoms. The van der Waals surface area contributed by atoms with Gasteiger partial charge in [-0.05, 0) is 29.3 Å². The van der Waals surface area contributed by atoms with E-state index in [0.717, 1.165) is 22.0 Å². The maximum atomic E-state index is 12.1. The molecule has 106 valence electrons. The van der Waals surface area contributed by atoms with Crippen LogP contribution in [0, 0.1) is 0 Å². The number of aromatic nitrogens is 2. The smallest absolute Gasteiger partial charge is 0.251 e. The van der Waals surface area contributed by atoms with Crippen LogP contribution in [0.2, 0.25) is 0 Å². The number of hydrogen-bond acceptors (Lipinski definition) is 3. The largest absolute Gasteiger partial charge is 0.348 e. The van der Waals surface area contributed by atoms with Crippen LogP contribution in [-0.2, 0) is 13.1 Å². The van der Waals surface area contributed by atoms with Crippen LogP contribution in [0.3, 0.4) is 0 Å². The number of H-pyrrole nitrogens is 1. The summed E-state index contributed by atoms with van der Waals surface area (Å²) in [4.78, 5) is 12.1. The van der Waals surface area contributed by atoms with E-state index in [-0.39, 0.29) is 5.91 Å². The number of amides is 1. The standard InChI is InChI=1S/C16H16N4O/c17-8-11-1-3-12(4-2-11)9-18-16(21)13-5-6-15-14(7-13)10-19-20-15/h1-7,10H,8-9,17H2,(H,18,21)(H,19,20). The summed E-state index contributed by atoms with van der Waals surface area (Å²) in [6.45, 7) is 1.02. The highest BCUT2D eigenvalue weighted by Crippen LogP contribution is 2.13. The second-order valence-corrected chi connectivity index (χ2v) is 4.88. The van der Waals surface area contributed by atoms with Gasteiger partial charge in [-0.2, -0.15) is 5.10 Å². The molecule has 0 aliphatic rings. The number of nitrogens with two attached hydrogens (primary N) is 1. The fourth-order valence-electron chi connectivity index (χ4n) is 2.16.